The topological polar surface area (TPSA) is 123 Å². The molecule has 42 heavy (non-hydrogen) atoms. The number of benzene rings is 2. The smallest absolute Gasteiger partial charge is 0.416 e. The quantitative estimate of drug-likeness (QED) is 0.340. The molecular weight excluding hydrogens is 570 g/mol. The Bertz CT molecular complexity index is 1390. The van der Waals surface area contributed by atoms with Crippen molar-refractivity contribution in [1.29, 1.82) is 0 Å². The molecule has 3 amide bonds. The fourth-order valence-corrected chi connectivity index (χ4v) is 4.91. The van der Waals surface area contributed by atoms with Crippen LogP contribution in [0.25, 0.3) is 0 Å². The van der Waals surface area contributed by atoms with Gasteiger partial charge in [-0.2, -0.15) is 26.3 Å². The number of rotatable bonds is 10. The number of nitrogens with one attached hydrogen (secondary N) is 2. The molecule has 2 aromatic rings. The zero-order chi connectivity index (χ0) is 30.8. The molecule has 0 aromatic heterocycles. The van der Waals surface area contributed by atoms with Crippen molar-refractivity contribution in [2.24, 2.45) is 28.5 Å². The molecule has 226 valence electrons. The maximum absolute atomic E-state index is 13.5. The molecule has 1 fully saturated rings. The van der Waals surface area contributed by atoms with Gasteiger partial charge in [-0.15, -0.1) is 0 Å². The summed E-state index contributed by atoms with van der Waals surface area (Å²) in [6, 6.07) is 8.64. The Morgan fingerprint density at radius 2 is 1.79 bits per heavy atom. The predicted molar refractivity (Wildman–Crippen MR) is 139 cm³/mol. The molecule has 4 rings (SSSR count). The van der Waals surface area contributed by atoms with Gasteiger partial charge in [0.1, 0.15) is 5.75 Å². The molecule has 2 aliphatic rings. The van der Waals surface area contributed by atoms with Gasteiger partial charge in [0.15, 0.2) is 0 Å². The summed E-state index contributed by atoms with van der Waals surface area (Å²) in [6.45, 7) is 0. The summed E-state index contributed by atoms with van der Waals surface area (Å²) in [4.78, 5) is 43.3. The molecule has 0 radical (unpaired) electrons. The second-order valence-corrected chi connectivity index (χ2v) is 10.3. The summed E-state index contributed by atoms with van der Waals surface area (Å²) in [5.41, 5.74) is 4.59. The lowest BCUT2D eigenvalue weighted by Gasteiger charge is -2.26. The number of ether oxygens (including phenoxy) is 1. The average molecular weight is 599 g/mol. The van der Waals surface area contributed by atoms with Crippen LogP contribution in [0.2, 0.25) is 0 Å². The van der Waals surface area contributed by atoms with Crippen molar-refractivity contribution in [1.82, 2.24) is 5.32 Å². The van der Waals surface area contributed by atoms with Gasteiger partial charge in [0.25, 0.3) is 5.91 Å². The molecule has 4 N–H and O–H groups in total. The Morgan fingerprint density at radius 3 is 2.38 bits per heavy atom. The molecule has 14 heteroatoms. The van der Waals surface area contributed by atoms with E-state index in [1.807, 2.05) is 0 Å². The van der Waals surface area contributed by atoms with Gasteiger partial charge in [-0.05, 0) is 37.0 Å². The standard InChI is InChI=1S/C28H28F6N4O4/c1-42-20-7-3-6-18-21(15-4-2-5-16(13-15)28(32,33)34)36-24(26(41)37-22(18)20)38-25(40)17(10-11-27(29,30)31)19(23(35)39)12-14-8-9-14/h2-7,13-14,17,19,24H,8-12H2,1H3,(H2,35,39)(H,37,41)(H,38,40). The van der Waals surface area contributed by atoms with E-state index in [2.05, 4.69) is 15.6 Å². The van der Waals surface area contributed by atoms with Gasteiger partial charge in [0.2, 0.25) is 18.0 Å². The first-order chi connectivity index (χ1) is 19.7. The molecule has 1 saturated carbocycles. The number of amides is 3. The molecule has 1 heterocycles. The van der Waals surface area contributed by atoms with Crippen molar-refractivity contribution in [2.75, 3.05) is 12.4 Å². The SMILES string of the molecule is COc1cccc2c1NC(=O)C(NC(=O)C(CCC(F)(F)F)C(CC1CC1)C(N)=O)N=C2c1cccc(C(F)(F)F)c1. The van der Waals surface area contributed by atoms with Crippen LogP contribution >= 0.6 is 0 Å². The van der Waals surface area contributed by atoms with E-state index in [-0.39, 0.29) is 40.6 Å². The molecular formula is C28H28F6N4O4. The normalized spacial score (nSPS) is 18.6. The Hall–Kier alpha value is -4.10. The third-order valence-electron chi connectivity index (χ3n) is 7.21. The number of benzodiazepines with no additional fused rings is 1. The van der Waals surface area contributed by atoms with Crippen LogP contribution in [0.4, 0.5) is 32.0 Å². The number of methoxy groups -OCH3 is 1. The van der Waals surface area contributed by atoms with Crippen LogP contribution in [0, 0.1) is 17.8 Å². The zero-order valence-electron chi connectivity index (χ0n) is 22.3. The Kier molecular flexibility index (Phi) is 8.83. The molecule has 0 saturated heterocycles. The molecule has 8 nitrogen and oxygen atoms in total. The van der Waals surface area contributed by atoms with Crippen LogP contribution in [0.5, 0.6) is 5.75 Å². The minimum atomic E-state index is -4.70. The number of primary amides is 1. The Balaban J connectivity index is 1.75. The van der Waals surface area contributed by atoms with Crippen LogP contribution in [0.1, 0.15) is 48.8 Å². The average Bonchev–Trinajstić information content (AvgIpc) is 3.74. The van der Waals surface area contributed by atoms with E-state index < -0.39 is 66.5 Å². The number of carbonyl (C=O) groups excluding carboxylic acids is 3. The first kappa shape index (κ1) is 30.8. The summed E-state index contributed by atoms with van der Waals surface area (Å²) in [6.07, 6.45) is -11.6. The highest BCUT2D eigenvalue weighted by molar-refractivity contribution is 6.20. The van der Waals surface area contributed by atoms with Gasteiger partial charge in [-0.3, -0.25) is 14.4 Å². The summed E-state index contributed by atoms with van der Waals surface area (Å²) in [5.74, 6) is -5.49. The first-order valence-electron chi connectivity index (χ1n) is 13.1. The highest BCUT2D eigenvalue weighted by atomic mass is 19.4. The maximum Gasteiger partial charge on any atom is 0.416 e. The van der Waals surface area contributed by atoms with Gasteiger partial charge in [-0.1, -0.05) is 37.1 Å². The number of fused-ring (bicyclic) bond motifs is 1. The number of alkyl halides is 6. The van der Waals surface area contributed by atoms with Crippen molar-refractivity contribution in [2.45, 2.75) is 50.6 Å². The number of halogens is 6. The number of carbonyl (C=O) groups is 3. The van der Waals surface area contributed by atoms with E-state index in [0.717, 1.165) is 31.0 Å². The van der Waals surface area contributed by atoms with E-state index in [4.69, 9.17) is 10.5 Å². The lowest BCUT2D eigenvalue weighted by molar-refractivity contribution is -0.146. The second kappa shape index (κ2) is 12.0. The number of hydrogen-bond donors (Lipinski definition) is 3. The summed E-state index contributed by atoms with van der Waals surface area (Å²) in [5, 5.41) is 4.86. The lowest BCUT2D eigenvalue weighted by Crippen LogP contribution is -2.48. The number of para-hydroxylation sites is 1. The summed E-state index contributed by atoms with van der Waals surface area (Å²) >= 11 is 0. The molecule has 3 unspecified atom stereocenters. The first-order valence-corrected chi connectivity index (χ1v) is 13.1. The Morgan fingerprint density at radius 1 is 1.10 bits per heavy atom. The second-order valence-electron chi connectivity index (χ2n) is 10.3. The molecule has 3 atom stereocenters. The molecule has 1 aliphatic heterocycles. The maximum atomic E-state index is 13.5. The van der Waals surface area contributed by atoms with Crippen LogP contribution in [0.15, 0.2) is 47.5 Å². The van der Waals surface area contributed by atoms with Gasteiger partial charge in [-0.25, -0.2) is 4.99 Å². The van der Waals surface area contributed by atoms with Crippen molar-refractivity contribution < 1.29 is 45.5 Å². The van der Waals surface area contributed by atoms with Gasteiger partial charge in [0, 0.05) is 29.4 Å². The van der Waals surface area contributed by atoms with Crippen LogP contribution in [-0.4, -0.2) is 42.9 Å². The zero-order valence-corrected chi connectivity index (χ0v) is 22.3. The predicted octanol–water partition coefficient (Wildman–Crippen LogP) is 4.81. The molecule has 1 aliphatic carbocycles. The number of nitrogens with two attached hydrogens (primary N) is 1. The largest absolute Gasteiger partial charge is 0.495 e. The minimum Gasteiger partial charge on any atom is -0.495 e. The highest BCUT2D eigenvalue weighted by Gasteiger charge is 2.41. The van der Waals surface area contributed by atoms with Crippen molar-refractivity contribution in [3.63, 3.8) is 0 Å². The number of hydrogen-bond acceptors (Lipinski definition) is 5. The van der Waals surface area contributed by atoms with E-state index in [1.165, 1.54) is 31.4 Å². The lowest BCUT2D eigenvalue weighted by atomic mass is 9.83. The van der Waals surface area contributed by atoms with Crippen molar-refractivity contribution >= 4 is 29.1 Å². The number of nitrogens with zero attached hydrogens (tertiary/aromatic N) is 1. The molecule has 2 aromatic carbocycles. The highest BCUT2D eigenvalue weighted by Crippen LogP contribution is 2.40. The minimum absolute atomic E-state index is 0.0392. The Labute approximate surface area is 236 Å². The molecule has 0 spiro atoms. The fraction of sp³-hybridized carbons (Fsp3) is 0.429. The van der Waals surface area contributed by atoms with Crippen LogP contribution < -0.4 is 21.1 Å². The number of aliphatic imine (C=N–C) groups is 1. The summed E-state index contributed by atoms with van der Waals surface area (Å²) in [7, 11) is 1.31. The van der Waals surface area contributed by atoms with Crippen LogP contribution in [-0.2, 0) is 20.6 Å². The fourth-order valence-electron chi connectivity index (χ4n) is 4.91. The van der Waals surface area contributed by atoms with Gasteiger partial charge in [0.05, 0.1) is 24.1 Å². The molecule has 0 bridgehead atoms. The van der Waals surface area contributed by atoms with Crippen molar-refractivity contribution in [3.8, 4) is 5.75 Å². The van der Waals surface area contributed by atoms with Crippen LogP contribution in [0.3, 0.4) is 0 Å². The third-order valence-corrected chi connectivity index (χ3v) is 7.21. The number of anilines is 1. The van der Waals surface area contributed by atoms with E-state index in [1.54, 1.807) is 0 Å². The van der Waals surface area contributed by atoms with E-state index >= 15 is 0 Å². The van der Waals surface area contributed by atoms with Gasteiger partial charge >= 0.3 is 12.4 Å². The van der Waals surface area contributed by atoms with E-state index in [0.29, 0.717) is 0 Å². The summed E-state index contributed by atoms with van der Waals surface area (Å²) < 4.78 is 85.3. The van der Waals surface area contributed by atoms with Gasteiger partial charge < -0.3 is 21.1 Å². The van der Waals surface area contributed by atoms with Crippen molar-refractivity contribution in [3.05, 3.63) is 59.2 Å². The third kappa shape index (κ3) is 7.39. The van der Waals surface area contributed by atoms with E-state index in [9.17, 15) is 40.7 Å². The monoisotopic (exact) mass is 598 g/mol.